The number of hydrogen-bond donors (Lipinski definition) is 4. The fourth-order valence-corrected chi connectivity index (χ4v) is 9.41. The van der Waals surface area contributed by atoms with Gasteiger partial charge < -0.3 is 15.4 Å². The number of amides is 1. The molecule has 17 heteroatoms. The Hall–Kier alpha value is -7.03. The van der Waals surface area contributed by atoms with Crippen LogP contribution in [0.5, 0.6) is 0 Å². The van der Waals surface area contributed by atoms with E-state index in [9.17, 15) is 28.4 Å². The van der Waals surface area contributed by atoms with Gasteiger partial charge in [0.1, 0.15) is 28.6 Å². The Morgan fingerprint density at radius 3 is 2.41 bits per heavy atom. The van der Waals surface area contributed by atoms with Gasteiger partial charge in [0.25, 0.3) is 15.9 Å². The number of aliphatic imine (C=N–C) groups is 1. The van der Waals surface area contributed by atoms with Crippen LogP contribution in [0.3, 0.4) is 0 Å². The first-order valence-electron chi connectivity index (χ1n) is 18.5. The molecule has 7 aromatic rings. The van der Waals surface area contributed by atoms with Gasteiger partial charge >= 0.3 is 5.97 Å². The first-order valence-corrected chi connectivity index (χ1v) is 20.8. The molecule has 1 atom stereocenters. The molecule has 0 saturated carbocycles. The lowest BCUT2D eigenvalue weighted by Gasteiger charge is -2.11. The molecule has 0 bridgehead atoms. The van der Waals surface area contributed by atoms with E-state index in [0.717, 1.165) is 43.3 Å². The second-order valence-electron chi connectivity index (χ2n) is 14.1. The van der Waals surface area contributed by atoms with E-state index in [1.54, 1.807) is 41.8 Å². The van der Waals surface area contributed by atoms with Crippen LogP contribution >= 0.6 is 11.3 Å². The lowest BCUT2D eigenvalue weighted by molar-refractivity contribution is -0.137. The second-order valence-corrected chi connectivity index (χ2v) is 17.0. The molecule has 1 aliphatic rings. The molecule has 0 spiro atoms. The first-order chi connectivity index (χ1) is 28.3. The molecular formula is C42H36N10O5S2. The Kier molecular flexibility index (Phi) is 10.1. The molecule has 1 amide bonds. The molecule has 0 unspecified atom stereocenters. The van der Waals surface area contributed by atoms with Crippen LogP contribution in [-0.2, 0) is 21.2 Å². The predicted octanol–water partition coefficient (Wildman–Crippen LogP) is 6.51. The van der Waals surface area contributed by atoms with Crippen molar-refractivity contribution in [2.75, 3.05) is 11.3 Å². The topological polar surface area (TPSA) is 221 Å². The standard InChI is InChI=1S/C42H36N10O5S2/c1-22-5-14-31(39-36(22)29(18-43)19-47-39)51-59(56,57)30-12-6-26(7-13-30)15-16-44-41(55)34-21-45-33(20-46-34)27-8-10-28(11-9-27)38-37-23(2)24(3)58-42(37)52-25(4)49-50-40(52)32(48-38)17-35(53)54/h5-14,19-21,32,47,51H,15-17H2,1-4H3,(H,44,55)(H,53,54)/t32-/m0/s1. The summed E-state index contributed by atoms with van der Waals surface area (Å²) in [6, 6.07) is 18.8. The molecule has 59 heavy (non-hydrogen) atoms. The van der Waals surface area contributed by atoms with Crippen LogP contribution in [0.25, 0.3) is 27.2 Å². The number of carboxylic acid groups (broad SMARTS) is 1. The van der Waals surface area contributed by atoms with Crippen molar-refractivity contribution in [1.29, 1.82) is 5.26 Å². The SMILES string of the molecule is Cc1sc2c(c1C)C(c1ccc(-c3cnc(C(=O)NCCc4ccc(S(=O)(=O)Nc5ccc(C)c6c(C#N)c[nH]c56)cc4)cn3)cc1)=N[C@@H](CC(=O)O)c1nnc(C)n1-2. The molecule has 4 N–H and O–H groups in total. The maximum absolute atomic E-state index is 13.2. The van der Waals surface area contributed by atoms with Gasteiger partial charge in [-0.05, 0) is 69.0 Å². The highest BCUT2D eigenvalue weighted by molar-refractivity contribution is 7.92. The molecular weight excluding hydrogens is 789 g/mol. The smallest absolute Gasteiger partial charge is 0.306 e. The zero-order valence-corrected chi connectivity index (χ0v) is 33.9. The van der Waals surface area contributed by atoms with Crippen molar-refractivity contribution in [3.63, 3.8) is 0 Å². The third-order valence-electron chi connectivity index (χ3n) is 10.3. The fourth-order valence-electron chi connectivity index (χ4n) is 7.13. The van der Waals surface area contributed by atoms with E-state index in [2.05, 4.69) is 41.3 Å². The van der Waals surface area contributed by atoms with Crippen molar-refractivity contribution < 1.29 is 23.1 Å². The molecule has 5 heterocycles. The fraction of sp³-hybridized carbons (Fsp3) is 0.190. The molecule has 0 saturated heterocycles. The number of carbonyl (C=O) groups excluding carboxylic acids is 1. The Labute approximate surface area is 342 Å². The number of carbonyl (C=O) groups is 2. The lowest BCUT2D eigenvalue weighted by atomic mass is 9.98. The van der Waals surface area contributed by atoms with Gasteiger partial charge in [0.05, 0.1) is 51.9 Å². The number of thiophene rings is 1. The Morgan fingerprint density at radius 1 is 0.966 bits per heavy atom. The molecule has 0 fully saturated rings. The van der Waals surface area contributed by atoms with Crippen LogP contribution in [0.15, 0.2) is 89.1 Å². The number of nitriles is 1. The van der Waals surface area contributed by atoms with Crippen LogP contribution in [0.1, 0.15) is 72.9 Å². The maximum atomic E-state index is 13.2. The summed E-state index contributed by atoms with van der Waals surface area (Å²) in [4.78, 5) is 42.9. The van der Waals surface area contributed by atoms with Gasteiger partial charge in [-0.1, -0.05) is 42.5 Å². The molecule has 15 nitrogen and oxygen atoms in total. The summed E-state index contributed by atoms with van der Waals surface area (Å²) in [5.74, 6) is -0.240. The van der Waals surface area contributed by atoms with E-state index in [1.165, 1.54) is 24.5 Å². The van der Waals surface area contributed by atoms with E-state index in [0.29, 0.717) is 51.6 Å². The summed E-state index contributed by atoms with van der Waals surface area (Å²) in [7, 11) is -3.93. The van der Waals surface area contributed by atoms with Crippen molar-refractivity contribution in [1.82, 2.24) is 35.0 Å². The summed E-state index contributed by atoms with van der Waals surface area (Å²) in [6.45, 7) is 8.06. The van der Waals surface area contributed by atoms with E-state index < -0.39 is 27.9 Å². The van der Waals surface area contributed by atoms with E-state index in [-0.39, 0.29) is 23.6 Å². The van der Waals surface area contributed by atoms with Crippen LogP contribution in [-0.4, -0.2) is 67.4 Å². The molecule has 4 aromatic heterocycles. The summed E-state index contributed by atoms with van der Waals surface area (Å²) in [5, 5.41) is 32.2. The molecule has 0 aliphatic carbocycles. The van der Waals surface area contributed by atoms with Crippen LogP contribution in [0.2, 0.25) is 0 Å². The number of rotatable bonds is 11. The molecule has 8 rings (SSSR count). The van der Waals surface area contributed by atoms with Crippen molar-refractivity contribution in [2.45, 2.75) is 51.5 Å². The number of aryl methyl sites for hydroxylation is 3. The number of aromatic amines is 1. The van der Waals surface area contributed by atoms with E-state index in [1.807, 2.05) is 56.5 Å². The zero-order valence-electron chi connectivity index (χ0n) is 32.2. The quantitative estimate of drug-likeness (QED) is 0.111. The van der Waals surface area contributed by atoms with Gasteiger partial charge in [0.2, 0.25) is 0 Å². The average Bonchev–Trinajstić information content (AvgIpc) is 3.90. The number of fused-ring (bicyclic) bond motifs is 4. The number of aliphatic carboxylic acids is 1. The molecule has 3 aromatic carbocycles. The number of hydrogen-bond acceptors (Lipinski definition) is 11. The number of nitrogens with one attached hydrogen (secondary N) is 3. The van der Waals surface area contributed by atoms with Crippen molar-refractivity contribution in [2.24, 2.45) is 4.99 Å². The minimum atomic E-state index is -3.93. The Balaban J connectivity index is 0.910. The third-order valence-corrected chi connectivity index (χ3v) is 12.9. The second kappa shape index (κ2) is 15.4. The summed E-state index contributed by atoms with van der Waals surface area (Å²) < 4.78 is 31.0. The normalized spacial score (nSPS) is 13.5. The van der Waals surface area contributed by atoms with Gasteiger partial charge in [-0.15, -0.1) is 21.5 Å². The summed E-state index contributed by atoms with van der Waals surface area (Å²) in [6.07, 6.45) is 4.71. The highest BCUT2D eigenvalue weighted by atomic mass is 32.2. The van der Waals surface area contributed by atoms with Gasteiger partial charge in [0, 0.05) is 39.7 Å². The van der Waals surface area contributed by atoms with Crippen LogP contribution in [0, 0.1) is 39.0 Å². The van der Waals surface area contributed by atoms with Crippen molar-refractivity contribution in [3.05, 3.63) is 135 Å². The highest BCUT2D eigenvalue weighted by Crippen LogP contribution is 2.40. The minimum absolute atomic E-state index is 0.0710. The zero-order chi connectivity index (χ0) is 41.6. The average molecular weight is 825 g/mol. The number of sulfonamides is 1. The van der Waals surface area contributed by atoms with Gasteiger partial charge in [-0.2, -0.15) is 5.26 Å². The molecule has 0 radical (unpaired) electrons. The van der Waals surface area contributed by atoms with Gasteiger partial charge in [0.15, 0.2) is 5.82 Å². The number of anilines is 1. The number of nitrogens with zero attached hydrogens (tertiary/aromatic N) is 7. The highest BCUT2D eigenvalue weighted by Gasteiger charge is 2.32. The van der Waals surface area contributed by atoms with E-state index >= 15 is 0 Å². The van der Waals surface area contributed by atoms with E-state index in [4.69, 9.17) is 4.99 Å². The Bertz CT molecular complexity index is 2980. The number of benzene rings is 3. The minimum Gasteiger partial charge on any atom is -0.481 e. The summed E-state index contributed by atoms with van der Waals surface area (Å²) >= 11 is 1.60. The monoisotopic (exact) mass is 824 g/mol. The number of aromatic nitrogens is 6. The first kappa shape index (κ1) is 38.8. The number of H-pyrrole nitrogens is 1. The van der Waals surface area contributed by atoms with Crippen LogP contribution in [0.4, 0.5) is 5.69 Å². The van der Waals surface area contributed by atoms with Crippen molar-refractivity contribution in [3.8, 4) is 22.3 Å². The molecule has 296 valence electrons. The maximum Gasteiger partial charge on any atom is 0.306 e. The lowest BCUT2D eigenvalue weighted by Crippen LogP contribution is -2.26. The number of carboxylic acids is 1. The largest absolute Gasteiger partial charge is 0.481 e. The summed E-state index contributed by atoms with van der Waals surface area (Å²) in [5.41, 5.74) is 7.89. The third kappa shape index (κ3) is 7.35. The van der Waals surface area contributed by atoms with Crippen LogP contribution < -0.4 is 10.0 Å². The molecule has 1 aliphatic heterocycles. The van der Waals surface area contributed by atoms with Gasteiger partial charge in [-0.3, -0.25) is 28.9 Å². The Morgan fingerprint density at radius 2 is 1.71 bits per heavy atom. The predicted molar refractivity (Wildman–Crippen MR) is 223 cm³/mol. The van der Waals surface area contributed by atoms with Gasteiger partial charge in [-0.25, -0.2) is 13.4 Å². The van der Waals surface area contributed by atoms with Crippen molar-refractivity contribution >= 4 is 55.5 Å².